The predicted molar refractivity (Wildman–Crippen MR) is 124 cm³/mol. The van der Waals surface area contributed by atoms with Crippen LogP contribution in [0, 0.1) is 11.8 Å². The molecule has 2 N–H and O–H groups in total. The SMILES string of the molecule is C[C@H](NC(=O)c1ccccc1NC(=O)CCN1C(=O)[C@H]2CC=CC[C@@H]2C1=O)c1ccccc1. The van der Waals surface area contributed by atoms with E-state index in [9.17, 15) is 19.2 Å². The van der Waals surface area contributed by atoms with Crippen molar-refractivity contribution in [2.75, 3.05) is 11.9 Å². The minimum Gasteiger partial charge on any atom is -0.345 e. The van der Waals surface area contributed by atoms with Crippen LogP contribution in [0.2, 0.25) is 0 Å². The molecule has 0 bridgehead atoms. The van der Waals surface area contributed by atoms with Gasteiger partial charge in [0.15, 0.2) is 0 Å². The maximum absolute atomic E-state index is 12.9. The Morgan fingerprint density at radius 2 is 1.55 bits per heavy atom. The van der Waals surface area contributed by atoms with Gasteiger partial charge in [-0.25, -0.2) is 0 Å². The van der Waals surface area contributed by atoms with E-state index in [1.54, 1.807) is 24.3 Å². The van der Waals surface area contributed by atoms with Crippen LogP contribution in [0.3, 0.4) is 0 Å². The van der Waals surface area contributed by atoms with E-state index in [2.05, 4.69) is 10.6 Å². The van der Waals surface area contributed by atoms with Crippen molar-refractivity contribution in [2.24, 2.45) is 11.8 Å². The van der Waals surface area contributed by atoms with Gasteiger partial charge in [-0.05, 0) is 37.5 Å². The largest absolute Gasteiger partial charge is 0.345 e. The van der Waals surface area contributed by atoms with E-state index < -0.39 is 0 Å². The Morgan fingerprint density at radius 3 is 2.21 bits per heavy atom. The number of hydrogen-bond donors (Lipinski definition) is 2. The fourth-order valence-electron chi connectivity index (χ4n) is 4.40. The molecular weight excluding hydrogens is 418 g/mol. The Labute approximate surface area is 192 Å². The highest BCUT2D eigenvalue weighted by atomic mass is 16.2. The smallest absolute Gasteiger partial charge is 0.253 e. The van der Waals surface area contributed by atoms with E-state index >= 15 is 0 Å². The lowest BCUT2D eigenvalue weighted by Gasteiger charge is -2.17. The minimum atomic E-state index is -0.361. The van der Waals surface area contributed by atoms with Crippen molar-refractivity contribution in [1.29, 1.82) is 0 Å². The second-order valence-electron chi connectivity index (χ2n) is 8.43. The average Bonchev–Trinajstić information content (AvgIpc) is 3.08. The number of para-hydroxylation sites is 1. The first kappa shape index (κ1) is 22.5. The zero-order valence-electron chi connectivity index (χ0n) is 18.5. The number of imide groups is 1. The third-order valence-corrected chi connectivity index (χ3v) is 6.25. The van der Waals surface area contributed by atoms with E-state index in [1.165, 1.54) is 4.90 Å². The van der Waals surface area contributed by atoms with E-state index in [4.69, 9.17) is 0 Å². The van der Waals surface area contributed by atoms with Crippen LogP contribution < -0.4 is 10.6 Å². The summed E-state index contributed by atoms with van der Waals surface area (Å²) in [4.78, 5) is 51.8. The van der Waals surface area contributed by atoms with Crippen molar-refractivity contribution in [3.63, 3.8) is 0 Å². The number of allylic oxidation sites excluding steroid dienone is 2. The zero-order valence-corrected chi connectivity index (χ0v) is 18.5. The summed E-state index contributed by atoms with van der Waals surface area (Å²) in [6.07, 6.45) is 4.98. The number of anilines is 1. The highest BCUT2D eigenvalue weighted by Gasteiger charge is 2.46. The minimum absolute atomic E-state index is 0.0271. The molecule has 0 spiro atoms. The van der Waals surface area contributed by atoms with Crippen molar-refractivity contribution < 1.29 is 19.2 Å². The monoisotopic (exact) mass is 445 g/mol. The van der Waals surface area contributed by atoms with Gasteiger partial charge in [0.25, 0.3) is 5.91 Å². The number of carbonyl (C=O) groups is 4. The molecular formula is C26H27N3O4. The average molecular weight is 446 g/mol. The molecule has 7 heteroatoms. The highest BCUT2D eigenvalue weighted by molar-refractivity contribution is 6.06. The summed E-state index contributed by atoms with van der Waals surface area (Å²) >= 11 is 0. The van der Waals surface area contributed by atoms with Gasteiger partial charge in [-0.3, -0.25) is 24.1 Å². The van der Waals surface area contributed by atoms with Crippen LogP contribution in [0.25, 0.3) is 0 Å². The lowest BCUT2D eigenvalue weighted by molar-refractivity contribution is -0.140. The predicted octanol–water partition coefficient (Wildman–Crippen LogP) is 3.46. The summed E-state index contributed by atoms with van der Waals surface area (Å²) in [7, 11) is 0. The molecule has 1 heterocycles. The van der Waals surface area contributed by atoms with Crippen LogP contribution in [0.4, 0.5) is 5.69 Å². The van der Waals surface area contributed by atoms with Gasteiger partial charge in [0.2, 0.25) is 17.7 Å². The summed E-state index contributed by atoms with van der Waals surface area (Å²) in [5.41, 5.74) is 1.71. The first-order chi connectivity index (χ1) is 16.0. The molecule has 7 nitrogen and oxygen atoms in total. The topological polar surface area (TPSA) is 95.6 Å². The van der Waals surface area contributed by atoms with Crippen molar-refractivity contribution in [1.82, 2.24) is 10.2 Å². The number of fused-ring (bicyclic) bond motifs is 1. The van der Waals surface area contributed by atoms with Crippen LogP contribution in [0.15, 0.2) is 66.7 Å². The van der Waals surface area contributed by atoms with Gasteiger partial charge in [0, 0.05) is 13.0 Å². The second-order valence-corrected chi connectivity index (χ2v) is 8.43. The molecule has 1 aliphatic heterocycles. The van der Waals surface area contributed by atoms with Crippen molar-refractivity contribution in [3.05, 3.63) is 77.9 Å². The molecule has 0 aromatic heterocycles. The first-order valence-electron chi connectivity index (χ1n) is 11.2. The summed E-state index contributed by atoms with van der Waals surface area (Å²) in [5, 5.41) is 5.71. The molecule has 2 aromatic rings. The molecule has 170 valence electrons. The second kappa shape index (κ2) is 9.81. The van der Waals surface area contributed by atoms with E-state index in [1.807, 2.05) is 49.4 Å². The molecule has 4 rings (SSSR count). The maximum atomic E-state index is 12.9. The lowest BCUT2D eigenvalue weighted by Crippen LogP contribution is -2.34. The molecule has 2 aromatic carbocycles. The number of nitrogens with zero attached hydrogens (tertiary/aromatic N) is 1. The molecule has 4 amide bonds. The van der Waals surface area contributed by atoms with Gasteiger partial charge in [0.05, 0.1) is 29.1 Å². The number of nitrogens with one attached hydrogen (secondary N) is 2. The van der Waals surface area contributed by atoms with Crippen LogP contribution in [-0.2, 0) is 14.4 Å². The number of amides is 4. The van der Waals surface area contributed by atoms with Crippen LogP contribution in [0.5, 0.6) is 0 Å². The molecule has 2 aliphatic rings. The lowest BCUT2D eigenvalue weighted by atomic mass is 9.85. The molecule has 33 heavy (non-hydrogen) atoms. The van der Waals surface area contributed by atoms with Crippen LogP contribution in [0.1, 0.15) is 48.1 Å². The van der Waals surface area contributed by atoms with Gasteiger partial charge in [-0.1, -0.05) is 54.6 Å². The number of rotatable bonds is 7. The Hall–Kier alpha value is -3.74. The summed E-state index contributed by atoms with van der Waals surface area (Å²) < 4.78 is 0. The number of benzene rings is 2. The quantitative estimate of drug-likeness (QED) is 0.504. The molecule has 1 fully saturated rings. The fraction of sp³-hybridized carbons (Fsp3) is 0.308. The molecule has 3 atom stereocenters. The first-order valence-corrected chi connectivity index (χ1v) is 11.2. The third-order valence-electron chi connectivity index (χ3n) is 6.25. The van der Waals surface area contributed by atoms with Gasteiger partial charge >= 0.3 is 0 Å². The number of carbonyl (C=O) groups excluding carboxylic acids is 4. The fourth-order valence-corrected chi connectivity index (χ4v) is 4.40. The van der Waals surface area contributed by atoms with Crippen molar-refractivity contribution in [2.45, 2.75) is 32.2 Å². The van der Waals surface area contributed by atoms with Gasteiger partial charge in [-0.2, -0.15) is 0 Å². The number of hydrogen-bond acceptors (Lipinski definition) is 4. The Kier molecular flexibility index (Phi) is 6.68. The van der Waals surface area contributed by atoms with E-state index in [0.29, 0.717) is 24.1 Å². The van der Waals surface area contributed by atoms with Gasteiger partial charge in [-0.15, -0.1) is 0 Å². The molecule has 0 saturated carbocycles. The standard InChI is InChI=1S/C26H27N3O4/c1-17(18-9-3-2-4-10-18)27-24(31)21-13-7-8-14-22(21)28-23(30)15-16-29-25(32)19-11-5-6-12-20(19)26(29)33/h2-10,13-14,17,19-20H,11-12,15-16H2,1H3,(H,27,31)(H,28,30)/t17-,19-,20-/m0/s1. The van der Waals surface area contributed by atoms with Crippen LogP contribution in [-0.4, -0.2) is 35.1 Å². The highest BCUT2D eigenvalue weighted by Crippen LogP contribution is 2.35. The zero-order chi connectivity index (χ0) is 23.4. The Morgan fingerprint density at radius 1 is 0.939 bits per heavy atom. The summed E-state index contributed by atoms with van der Waals surface area (Å²) in [6.45, 7) is 1.93. The molecule has 1 saturated heterocycles. The van der Waals surface area contributed by atoms with Crippen LogP contribution >= 0.6 is 0 Å². The van der Waals surface area contributed by atoms with Crippen molar-refractivity contribution >= 4 is 29.3 Å². The third kappa shape index (κ3) is 4.87. The Bertz CT molecular complexity index is 1070. The van der Waals surface area contributed by atoms with Crippen molar-refractivity contribution in [3.8, 4) is 0 Å². The Balaban J connectivity index is 1.36. The molecule has 1 aliphatic carbocycles. The molecule has 0 radical (unpaired) electrons. The number of likely N-dealkylation sites (tertiary alicyclic amines) is 1. The maximum Gasteiger partial charge on any atom is 0.253 e. The van der Waals surface area contributed by atoms with E-state index in [-0.39, 0.29) is 54.5 Å². The summed E-state index contributed by atoms with van der Waals surface area (Å²) in [5.74, 6) is -1.67. The van der Waals surface area contributed by atoms with E-state index in [0.717, 1.165) is 5.56 Å². The normalized spacial score (nSPS) is 20.3. The van der Waals surface area contributed by atoms with Gasteiger partial charge in [0.1, 0.15) is 0 Å². The molecule has 0 unspecified atom stereocenters. The summed E-state index contributed by atoms with van der Waals surface area (Å²) in [6, 6.07) is 16.2. The van der Waals surface area contributed by atoms with Gasteiger partial charge < -0.3 is 10.6 Å².